The first-order valence-corrected chi connectivity index (χ1v) is 7.15. The third kappa shape index (κ3) is 2.93. The lowest BCUT2D eigenvalue weighted by Crippen LogP contribution is -1.98. The monoisotopic (exact) mass is 288 g/mol. The molecule has 0 aliphatic carbocycles. The summed E-state index contributed by atoms with van der Waals surface area (Å²) in [5.74, 6) is 0.725. The second-order valence-electron chi connectivity index (χ2n) is 5.22. The van der Waals surface area contributed by atoms with Crippen molar-refractivity contribution in [3.05, 3.63) is 71.9 Å². The van der Waals surface area contributed by atoms with E-state index in [-0.39, 0.29) is 5.78 Å². The van der Waals surface area contributed by atoms with Gasteiger partial charge in [0.2, 0.25) is 0 Å². The normalized spacial score (nSPS) is 11.6. The maximum atomic E-state index is 11.5. The van der Waals surface area contributed by atoms with Crippen LogP contribution in [0.1, 0.15) is 29.8 Å². The molecule has 22 heavy (non-hydrogen) atoms. The second kappa shape index (κ2) is 5.90. The molecule has 0 unspecified atom stereocenters. The molecule has 3 aromatic rings. The summed E-state index contributed by atoms with van der Waals surface area (Å²) in [6.07, 6.45) is 1.83. The van der Waals surface area contributed by atoms with Gasteiger partial charge >= 0.3 is 0 Å². The van der Waals surface area contributed by atoms with Gasteiger partial charge in [0.1, 0.15) is 0 Å². The lowest BCUT2D eigenvalue weighted by molar-refractivity contribution is 0.101. The second-order valence-corrected chi connectivity index (χ2v) is 5.22. The zero-order valence-corrected chi connectivity index (χ0v) is 12.6. The number of Topliss-reactive ketones (excluding diaryl/α,β-unsaturated/α-hetero) is 1. The number of aromatic nitrogens is 1. The number of pyridine rings is 1. The van der Waals surface area contributed by atoms with E-state index in [1.165, 1.54) is 0 Å². The van der Waals surface area contributed by atoms with Gasteiger partial charge in [-0.2, -0.15) is 0 Å². The molecule has 3 heteroatoms. The molecule has 0 radical (unpaired) electrons. The Kier molecular flexibility index (Phi) is 3.79. The predicted octanol–water partition coefficient (Wildman–Crippen LogP) is 4.58. The highest BCUT2D eigenvalue weighted by Gasteiger charge is 2.04. The molecule has 108 valence electrons. The highest BCUT2D eigenvalue weighted by Crippen LogP contribution is 2.19. The van der Waals surface area contributed by atoms with Gasteiger partial charge in [-0.15, -0.1) is 0 Å². The van der Waals surface area contributed by atoms with Crippen LogP contribution in [0.25, 0.3) is 10.8 Å². The van der Waals surface area contributed by atoms with E-state index < -0.39 is 0 Å². The Hall–Kier alpha value is -2.81. The summed E-state index contributed by atoms with van der Waals surface area (Å²) >= 11 is 0. The number of benzene rings is 2. The largest absolute Gasteiger partial charge is 0.295 e. The number of carbonyl (C=O) groups excluding carboxylic acids is 1. The molecule has 2 aromatic carbocycles. The van der Waals surface area contributed by atoms with Gasteiger partial charge in [-0.25, -0.2) is 9.98 Å². The van der Waals surface area contributed by atoms with Crippen LogP contribution in [0.15, 0.2) is 65.8 Å². The third-order valence-electron chi connectivity index (χ3n) is 3.59. The van der Waals surface area contributed by atoms with Crippen LogP contribution < -0.4 is 0 Å². The number of fused-ring (bicyclic) bond motifs is 1. The minimum atomic E-state index is 0.0541. The molecule has 0 bridgehead atoms. The Morgan fingerprint density at radius 3 is 2.41 bits per heavy atom. The number of hydrogen-bond acceptors (Lipinski definition) is 3. The van der Waals surface area contributed by atoms with Gasteiger partial charge in [-0.1, -0.05) is 42.5 Å². The molecule has 0 saturated heterocycles. The minimum absolute atomic E-state index is 0.0541. The van der Waals surface area contributed by atoms with Crippen molar-refractivity contribution in [2.45, 2.75) is 13.8 Å². The van der Waals surface area contributed by atoms with E-state index in [1.54, 1.807) is 6.92 Å². The first-order valence-electron chi connectivity index (χ1n) is 7.15. The zero-order valence-electron chi connectivity index (χ0n) is 12.6. The molecule has 3 nitrogen and oxygen atoms in total. The van der Waals surface area contributed by atoms with Crippen molar-refractivity contribution >= 4 is 28.1 Å². The summed E-state index contributed by atoms with van der Waals surface area (Å²) < 4.78 is 0. The van der Waals surface area contributed by atoms with Gasteiger partial charge in [0.25, 0.3) is 0 Å². The fourth-order valence-corrected chi connectivity index (χ4v) is 2.33. The van der Waals surface area contributed by atoms with Crippen molar-refractivity contribution in [3.63, 3.8) is 0 Å². The molecular formula is C19H16N2O. The molecule has 1 aromatic heterocycles. The maximum absolute atomic E-state index is 11.5. The molecule has 0 saturated carbocycles. The highest BCUT2D eigenvalue weighted by atomic mass is 16.1. The molecule has 0 spiro atoms. The van der Waals surface area contributed by atoms with Crippen molar-refractivity contribution in [2.24, 2.45) is 4.99 Å². The third-order valence-corrected chi connectivity index (χ3v) is 3.59. The first kappa shape index (κ1) is 14.1. The number of rotatable bonds is 3. The standard InChI is InChI=1S/C19H16N2O/c1-13(15-8-5-9-16(10-15)14(2)22)21-19-11-17-6-3-4-7-18(17)12-20-19/h3-12H,1-2H3/b21-13+. The number of nitrogens with zero attached hydrogens (tertiary/aromatic N) is 2. The zero-order chi connectivity index (χ0) is 15.5. The van der Waals surface area contributed by atoms with Crippen LogP contribution in [0.3, 0.4) is 0 Å². The van der Waals surface area contributed by atoms with Crippen LogP contribution in [0.5, 0.6) is 0 Å². The summed E-state index contributed by atoms with van der Waals surface area (Å²) in [7, 11) is 0. The molecule has 0 fully saturated rings. The Morgan fingerprint density at radius 2 is 1.64 bits per heavy atom. The summed E-state index contributed by atoms with van der Waals surface area (Å²) in [4.78, 5) is 20.4. The quantitative estimate of drug-likeness (QED) is 0.523. The average molecular weight is 288 g/mol. The van der Waals surface area contributed by atoms with Crippen molar-refractivity contribution < 1.29 is 4.79 Å². The topological polar surface area (TPSA) is 42.3 Å². The molecule has 0 amide bonds. The summed E-state index contributed by atoms with van der Waals surface area (Å²) in [5.41, 5.74) is 2.46. The van der Waals surface area contributed by atoms with Crippen LogP contribution in [-0.2, 0) is 0 Å². The van der Waals surface area contributed by atoms with Crippen molar-refractivity contribution in [1.29, 1.82) is 0 Å². The Labute approximate surface area is 129 Å². The lowest BCUT2D eigenvalue weighted by atomic mass is 10.1. The summed E-state index contributed by atoms with van der Waals surface area (Å²) in [6.45, 7) is 3.49. The highest BCUT2D eigenvalue weighted by molar-refractivity contribution is 6.03. The summed E-state index contributed by atoms with van der Waals surface area (Å²) in [5, 5.41) is 2.21. The van der Waals surface area contributed by atoms with Crippen LogP contribution in [0.2, 0.25) is 0 Å². The first-order chi connectivity index (χ1) is 10.6. The van der Waals surface area contributed by atoms with Crippen LogP contribution in [-0.4, -0.2) is 16.5 Å². The van der Waals surface area contributed by atoms with Gasteiger partial charge < -0.3 is 0 Å². The SMILES string of the molecule is CC(=O)c1cccc(/C(C)=N/c2cc3ccccc3cn2)c1. The Bertz CT molecular complexity index is 881. The molecule has 1 heterocycles. The fraction of sp³-hybridized carbons (Fsp3) is 0.105. The average Bonchev–Trinajstić information content (AvgIpc) is 2.55. The number of ketones is 1. The van der Waals surface area contributed by atoms with Gasteiger partial charge in [0.05, 0.1) is 0 Å². The van der Waals surface area contributed by atoms with Gasteiger partial charge in [0.15, 0.2) is 11.6 Å². The van der Waals surface area contributed by atoms with E-state index in [0.29, 0.717) is 11.4 Å². The smallest absolute Gasteiger partial charge is 0.159 e. The molecule has 0 atom stereocenters. The Morgan fingerprint density at radius 1 is 0.909 bits per heavy atom. The number of aliphatic imine (C=N–C) groups is 1. The van der Waals surface area contributed by atoms with Crippen molar-refractivity contribution in [3.8, 4) is 0 Å². The van der Waals surface area contributed by atoms with E-state index in [4.69, 9.17) is 0 Å². The number of carbonyl (C=O) groups is 1. The fourth-order valence-electron chi connectivity index (χ4n) is 2.33. The molecule has 0 aliphatic rings. The molecular weight excluding hydrogens is 272 g/mol. The maximum Gasteiger partial charge on any atom is 0.159 e. The minimum Gasteiger partial charge on any atom is -0.295 e. The van der Waals surface area contributed by atoms with Crippen molar-refractivity contribution in [2.75, 3.05) is 0 Å². The van der Waals surface area contributed by atoms with E-state index >= 15 is 0 Å². The molecule has 3 rings (SSSR count). The lowest BCUT2D eigenvalue weighted by Gasteiger charge is -2.04. The van der Waals surface area contributed by atoms with Gasteiger partial charge in [-0.05, 0) is 36.9 Å². The molecule has 0 N–H and O–H groups in total. The van der Waals surface area contributed by atoms with Gasteiger partial charge in [-0.3, -0.25) is 4.79 Å². The van der Waals surface area contributed by atoms with Crippen LogP contribution >= 0.6 is 0 Å². The van der Waals surface area contributed by atoms with Crippen molar-refractivity contribution in [1.82, 2.24) is 4.98 Å². The predicted molar refractivity (Wildman–Crippen MR) is 90.1 cm³/mol. The van der Waals surface area contributed by atoms with Crippen LogP contribution in [0.4, 0.5) is 5.82 Å². The van der Waals surface area contributed by atoms with Crippen LogP contribution in [0, 0.1) is 0 Å². The van der Waals surface area contributed by atoms with E-state index in [2.05, 4.69) is 9.98 Å². The van der Waals surface area contributed by atoms with E-state index in [0.717, 1.165) is 22.0 Å². The van der Waals surface area contributed by atoms with E-state index in [1.807, 2.05) is 67.7 Å². The summed E-state index contributed by atoms with van der Waals surface area (Å²) in [6, 6.07) is 17.5. The molecule has 0 aliphatic heterocycles. The Balaban J connectivity index is 1.98. The van der Waals surface area contributed by atoms with E-state index in [9.17, 15) is 4.79 Å². The van der Waals surface area contributed by atoms with Gasteiger partial charge in [0, 0.05) is 22.9 Å². The number of hydrogen-bond donors (Lipinski definition) is 0.